The van der Waals surface area contributed by atoms with Crippen LogP contribution >= 0.6 is 0 Å². The minimum Gasteiger partial charge on any atom is -0.442 e. The van der Waals surface area contributed by atoms with Crippen LogP contribution in [-0.2, 0) is 4.74 Å². The van der Waals surface area contributed by atoms with E-state index >= 15 is 0 Å². The SMILES string of the molecule is CNC(=O)OC1/C=C/CCC(NC(C)(C)C)CC1. The zero-order valence-corrected chi connectivity index (χ0v) is 12.0. The molecular formula is C14H26N2O2. The van der Waals surface area contributed by atoms with Gasteiger partial charge in [0.1, 0.15) is 6.10 Å². The maximum absolute atomic E-state index is 11.2. The largest absolute Gasteiger partial charge is 0.442 e. The van der Waals surface area contributed by atoms with Crippen molar-refractivity contribution < 1.29 is 9.53 Å². The van der Waals surface area contributed by atoms with E-state index in [1.807, 2.05) is 6.08 Å². The topological polar surface area (TPSA) is 50.4 Å². The second-order valence-corrected chi connectivity index (χ2v) is 5.87. The van der Waals surface area contributed by atoms with Gasteiger partial charge in [-0.1, -0.05) is 6.08 Å². The molecule has 0 spiro atoms. The first-order chi connectivity index (χ1) is 8.40. The van der Waals surface area contributed by atoms with Crippen LogP contribution in [0, 0.1) is 0 Å². The summed E-state index contributed by atoms with van der Waals surface area (Å²) in [6.07, 6.45) is 7.73. The molecule has 0 saturated heterocycles. The van der Waals surface area contributed by atoms with Crippen LogP contribution in [0.4, 0.5) is 4.79 Å². The summed E-state index contributed by atoms with van der Waals surface area (Å²) in [5.41, 5.74) is 0.130. The molecule has 4 heteroatoms. The number of hydrogen-bond acceptors (Lipinski definition) is 3. The van der Waals surface area contributed by atoms with Crippen molar-refractivity contribution in [2.45, 2.75) is 64.1 Å². The zero-order chi connectivity index (χ0) is 13.6. The number of carbonyl (C=O) groups is 1. The first-order valence-electron chi connectivity index (χ1n) is 6.73. The van der Waals surface area contributed by atoms with E-state index in [0.717, 1.165) is 25.7 Å². The molecule has 0 aromatic heterocycles. The summed E-state index contributed by atoms with van der Waals surface area (Å²) in [7, 11) is 1.58. The Bertz CT molecular complexity index is 295. The number of amides is 1. The summed E-state index contributed by atoms with van der Waals surface area (Å²) in [5.74, 6) is 0. The van der Waals surface area contributed by atoms with E-state index in [0.29, 0.717) is 6.04 Å². The van der Waals surface area contributed by atoms with E-state index in [4.69, 9.17) is 4.74 Å². The minimum absolute atomic E-state index is 0.102. The third-order valence-electron chi connectivity index (χ3n) is 2.93. The fourth-order valence-electron chi connectivity index (χ4n) is 2.20. The molecule has 1 aliphatic rings. The Balaban J connectivity index is 2.48. The molecule has 1 rings (SSSR count). The van der Waals surface area contributed by atoms with Crippen molar-refractivity contribution in [1.29, 1.82) is 0 Å². The summed E-state index contributed by atoms with van der Waals surface area (Å²) >= 11 is 0. The van der Waals surface area contributed by atoms with Crippen LogP contribution in [0.5, 0.6) is 0 Å². The van der Waals surface area contributed by atoms with Crippen LogP contribution in [-0.4, -0.2) is 30.8 Å². The van der Waals surface area contributed by atoms with Crippen molar-refractivity contribution in [3.8, 4) is 0 Å². The Kier molecular flexibility index (Phi) is 5.66. The van der Waals surface area contributed by atoms with Gasteiger partial charge in [-0.15, -0.1) is 0 Å². The van der Waals surface area contributed by atoms with Crippen LogP contribution < -0.4 is 10.6 Å². The lowest BCUT2D eigenvalue weighted by Gasteiger charge is -2.30. The van der Waals surface area contributed by atoms with Crippen LogP contribution in [0.15, 0.2) is 12.2 Å². The second kappa shape index (κ2) is 6.78. The predicted molar refractivity (Wildman–Crippen MR) is 73.6 cm³/mol. The monoisotopic (exact) mass is 254 g/mol. The summed E-state index contributed by atoms with van der Waals surface area (Å²) in [5, 5.41) is 6.11. The van der Waals surface area contributed by atoms with E-state index in [9.17, 15) is 4.79 Å². The first kappa shape index (κ1) is 15.0. The van der Waals surface area contributed by atoms with Gasteiger partial charge in [0.15, 0.2) is 0 Å². The molecule has 18 heavy (non-hydrogen) atoms. The average Bonchev–Trinajstić information content (AvgIpc) is 2.25. The predicted octanol–water partition coefficient (Wildman–Crippen LogP) is 2.60. The lowest BCUT2D eigenvalue weighted by molar-refractivity contribution is 0.112. The van der Waals surface area contributed by atoms with Crippen molar-refractivity contribution in [3.05, 3.63) is 12.2 Å². The molecular weight excluding hydrogens is 228 g/mol. The zero-order valence-electron chi connectivity index (χ0n) is 12.0. The third kappa shape index (κ3) is 6.05. The molecule has 0 radical (unpaired) electrons. The van der Waals surface area contributed by atoms with Crippen LogP contribution in [0.25, 0.3) is 0 Å². The Morgan fingerprint density at radius 1 is 1.28 bits per heavy atom. The van der Waals surface area contributed by atoms with Gasteiger partial charge in [0.05, 0.1) is 0 Å². The Hall–Kier alpha value is -1.03. The quantitative estimate of drug-likeness (QED) is 0.745. The molecule has 0 heterocycles. The van der Waals surface area contributed by atoms with Gasteiger partial charge < -0.3 is 15.4 Å². The highest BCUT2D eigenvalue weighted by Crippen LogP contribution is 2.17. The molecule has 2 N–H and O–H groups in total. The molecule has 0 saturated carbocycles. The van der Waals surface area contributed by atoms with Gasteiger partial charge >= 0.3 is 6.09 Å². The smallest absolute Gasteiger partial charge is 0.407 e. The maximum Gasteiger partial charge on any atom is 0.407 e. The minimum atomic E-state index is -0.356. The molecule has 1 amide bonds. The van der Waals surface area contributed by atoms with E-state index in [1.54, 1.807) is 7.05 Å². The number of nitrogens with one attached hydrogen (secondary N) is 2. The summed E-state index contributed by atoms with van der Waals surface area (Å²) < 4.78 is 5.29. The summed E-state index contributed by atoms with van der Waals surface area (Å²) in [6, 6.07) is 0.491. The number of hydrogen-bond donors (Lipinski definition) is 2. The van der Waals surface area contributed by atoms with Crippen LogP contribution in [0.1, 0.15) is 46.5 Å². The molecule has 2 atom stereocenters. The molecule has 0 aliphatic heterocycles. The van der Waals surface area contributed by atoms with Gasteiger partial charge in [0.2, 0.25) is 0 Å². The average molecular weight is 254 g/mol. The Morgan fingerprint density at radius 2 is 2.00 bits per heavy atom. The van der Waals surface area contributed by atoms with Crippen LogP contribution in [0.3, 0.4) is 0 Å². The van der Waals surface area contributed by atoms with Crippen LogP contribution in [0.2, 0.25) is 0 Å². The summed E-state index contributed by atoms with van der Waals surface area (Å²) in [6.45, 7) is 6.54. The number of alkyl carbamates (subject to hydrolysis) is 1. The normalized spacial score (nSPS) is 26.9. The van der Waals surface area contributed by atoms with Crippen molar-refractivity contribution in [3.63, 3.8) is 0 Å². The van der Waals surface area contributed by atoms with E-state index in [-0.39, 0.29) is 17.7 Å². The van der Waals surface area contributed by atoms with Gasteiger partial charge in [-0.05, 0) is 52.5 Å². The first-order valence-corrected chi connectivity index (χ1v) is 6.73. The van der Waals surface area contributed by atoms with Crippen molar-refractivity contribution in [2.75, 3.05) is 7.05 Å². The van der Waals surface area contributed by atoms with Crippen molar-refractivity contribution in [2.24, 2.45) is 0 Å². The molecule has 0 fully saturated rings. The molecule has 104 valence electrons. The number of rotatable bonds is 2. The fraction of sp³-hybridized carbons (Fsp3) is 0.786. The van der Waals surface area contributed by atoms with Gasteiger partial charge in [-0.3, -0.25) is 0 Å². The third-order valence-corrected chi connectivity index (χ3v) is 2.93. The van der Waals surface area contributed by atoms with E-state index in [1.165, 1.54) is 0 Å². The highest BCUT2D eigenvalue weighted by atomic mass is 16.6. The lowest BCUT2D eigenvalue weighted by atomic mass is 9.96. The standard InChI is InChI=1S/C14H26N2O2/c1-14(2,3)16-11-7-5-6-8-12(10-9-11)18-13(17)15-4/h6,8,11-12,16H,5,7,9-10H2,1-4H3,(H,15,17)/b8-6+. The molecule has 0 aromatic carbocycles. The van der Waals surface area contributed by atoms with Gasteiger partial charge in [-0.25, -0.2) is 4.79 Å². The molecule has 4 nitrogen and oxygen atoms in total. The van der Waals surface area contributed by atoms with E-state index < -0.39 is 0 Å². The van der Waals surface area contributed by atoms with E-state index in [2.05, 4.69) is 37.5 Å². The Morgan fingerprint density at radius 3 is 2.61 bits per heavy atom. The van der Waals surface area contributed by atoms with Gasteiger partial charge in [-0.2, -0.15) is 0 Å². The second-order valence-electron chi connectivity index (χ2n) is 5.87. The van der Waals surface area contributed by atoms with Crippen molar-refractivity contribution >= 4 is 6.09 Å². The molecule has 0 aromatic rings. The van der Waals surface area contributed by atoms with Crippen molar-refractivity contribution in [1.82, 2.24) is 10.6 Å². The summed E-state index contributed by atoms with van der Waals surface area (Å²) in [4.78, 5) is 11.2. The highest BCUT2D eigenvalue weighted by molar-refractivity contribution is 5.67. The Labute approximate surface area is 110 Å². The number of allylic oxidation sites excluding steroid dienone is 1. The fourth-order valence-corrected chi connectivity index (χ4v) is 2.20. The maximum atomic E-state index is 11.2. The van der Waals surface area contributed by atoms with Gasteiger partial charge in [0, 0.05) is 18.6 Å². The number of carbonyl (C=O) groups excluding carboxylic acids is 1. The molecule has 2 unspecified atom stereocenters. The molecule has 1 aliphatic carbocycles. The van der Waals surface area contributed by atoms with Gasteiger partial charge in [0.25, 0.3) is 0 Å². The highest BCUT2D eigenvalue weighted by Gasteiger charge is 2.20. The number of ether oxygens (including phenoxy) is 1. The lowest BCUT2D eigenvalue weighted by Crippen LogP contribution is -2.44. The molecule has 0 bridgehead atoms.